The summed E-state index contributed by atoms with van der Waals surface area (Å²) in [6.45, 7) is 3.37. The molecule has 0 atom stereocenters. The molecular formula is C13H14N2O4S. The number of hydrogen-bond donors (Lipinski definition) is 2. The number of furan rings is 1. The molecule has 0 spiro atoms. The molecule has 1 aromatic carbocycles. The van der Waals surface area contributed by atoms with Crippen LogP contribution in [0.1, 0.15) is 21.7 Å². The number of nitrogens with two attached hydrogens (primary N) is 1. The van der Waals surface area contributed by atoms with Crippen LogP contribution >= 0.6 is 0 Å². The Morgan fingerprint density at radius 1 is 1.20 bits per heavy atom. The standard InChI is InChI=1S/C13H14N2O4S/c1-8-3-4-10(7-11(8)20(14,17)18)15-13(16)12-9(2)5-6-19-12/h3-7H,1-2H3,(H,15,16)(H2,14,17,18). The van der Waals surface area contributed by atoms with Gasteiger partial charge in [-0.05, 0) is 37.6 Å². The molecule has 6 nitrogen and oxygen atoms in total. The Morgan fingerprint density at radius 2 is 1.90 bits per heavy atom. The van der Waals surface area contributed by atoms with Crippen LogP contribution in [0.25, 0.3) is 0 Å². The topological polar surface area (TPSA) is 102 Å². The molecule has 1 aromatic heterocycles. The Labute approximate surface area is 116 Å². The minimum absolute atomic E-state index is 0.0218. The van der Waals surface area contributed by atoms with Gasteiger partial charge in [-0.15, -0.1) is 0 Å². The zero-order valence-electron chi connectivity index (χ0n) is 11.0. The minimum atomic E-state index is -3.83. The first kappa shape index (κ1) is 14.3. The molecule has 3 N–H and O–H groups in total. The zero-order valence-corrected chi connectivity index (χ0v) is 11.8. The smallest absolute Gasteiger partial charge is 0.291 e. The van der Waals surface area contributed by atoms with Crippen molar-refractivity contribution in [2.24, 2.45) is 5.14 Å². The van der Waals surface area contributed by atoms with Crippen LogP contribution in [0.15, 0.2) is 39.8 Å². The maximum absolute atomic E-state index is 12.0. The number of nitrogens with one attached hydrogen (secondary N) is 1. The summed E-state index contributed by atoms with van der Waals surface area (Å²) in [7, 11) is -3.83. The largest absolute Gasteiger partial charge is 0.459 e. The molecule has 106 valence electrons. The lowest BCUT2D eigenvalue weighted by Gasteiger charge is -2.08. The summed E-state index contributed by atoms with van der Waals surface area (Å²) in [6, 6.07) is 6.16. The monoisotopic (exact) mass is 294 g/mol. The molecular weight excluding hydrogens is 280 g/mol. The molecule has 2 rings (SSSR count). The highest BCUT2D eigenvalue weighted by Gasteiger charge is 2.16. The molecule has 0 aliphatic carbocycles. The summed E-state index contributed by atoms with van der Waals surface area (Å²) >= 11 is 0. The van der Waals surface area contributed by atoms with Crippen molar-refractivity contribution >= 4 is 21.6 Å². The van der Waals surface area contributed by atoms with Crippen molar-refractivity contribution in [1.82, 2.24) is 0 Å². The van der Waals surface area contributed by atoms with Crippen molar-refractivity contribution in [1.29, 1.82) is 0 Å². The molecule has 7 heteroatoms. The van der Waals surface area contributed by atoms with Gasteiger partial charge < -0.3 is 9.73 Å². The summed E-state index contributed by atoms with van der Waals surface area (Å²) in [4.78, 5) is 11.9. The fraction of sp³-hybridized carbons (Fsp3) is 0.154. The van der Waals surface area contributed by atoms with Crippen LogP contribution in [0.5, 0.6) is 0 Å². The van der Waals surface area contributed by atoms with E-state index in [-0.39, 0.29) is 10.7 Å². The van der Waals surface area contributed by atoms with Gasteiger partial charge in [0.1, 0.15) is 0 Å². The van der Waals surface area contributed by atoms with Crippen molar-refractivity contribution in [2.45, 2.75) is 18.7 Å². The first-order valence-corrected chi connectivity index (χ1v) is 7.32. The molecule has 1 amide bonds. The fourth-order valence-corrected chi connectivity index (χ4v) is 2.59. The number of primary sulfonamides is 1. The van der Waals surface area contributed by atoms with E-state index in [0.29, 0.717) is 16.8 Å². The molecule has 0 saturated heterocycles. The van der Waals surface area contributed by atoms with E-state index in [4.69, 9.17) is 9.56 Å². The van der Waals surface area contributed by atoms with Crippen LogP contribution in [0.4, 0.5) is 5.69 Å². The summed E-state index contributed by atoms with van der Waals surface area (Å²) in [6.07, 6.45) is 1.41. The Bertz CT molecular complexity index is 762. The van der Waals surface area contributed by atoms with Gasteiger partial charge in [0.2, 0.25) is 10.0 Å². The number of anilines is 1. The van der Waals surface area contributed by atoms with E-state index in [0.717, 1.165) is 0 Å². The first-order valence-electron chi connectivity index (χ1n) is 5.78. The molecule has 0 unspecified atom stereocenters. The van der Waals surface area contributed by atoms with Crippen molar-refractivity contribution in [3.05, 3.63) is 47.4 Å². The predicted octanol–water partition coefficient (Wildman–Crippen LogP) is 1.80. The van der Waals surface area contributed by atoms with Crippen molar-refractivity contribution in [3.8, 4) is 0 Å². The highest BCUT2D eigenvalue weighted by atomic mass is 32.2. The number of aryl methyl sites for hydroxylation is 2. The Kier molecular flexibility index (Phi) is 3.65. The van der Waals surface area contributed by atoms with E-state index in [1.807, 2.05) is 0 Å². The number of amides is 1. The van der Waals surface area contributed by atoms with E-state index in [1.54, 1.807) is 32.0 Å². The number of benzene rings is 1. The van der Waals surface area contributed by atoms with Crippen molar-refractivity contribution < 1.29 is 17.6 Å². The Hall–Kier alpha value is -2.12. The molecule has 0 saturated carbocycles. The molecule has 20 heavy (non-hydrogen) atoms. The quantitative estimate of drug-likeness (QED) is 0.900. The summed E-state index contributed by atoms with van der Waals surface area (Å²) in [5.74, 6) is -0.264. The summed E-state index contributed by atoms with van der Waals surface area (Å²) in [5, 5.41) is 7.69. The zero-order chi connectivity index (χ0) is 14.9. The number of carbonyl (C=O) groups excluding carboxylic acids is 1. The lowest BCUT2D eigenvalue weighted by molar-refractivity contribution is 0.0996. The van der Waals surface area contributed by atoms with Crippen molar-refractivity contribution in [3.63, 3.8) is 0 Å². The SMILES string of the molecule is Cc1ccc(NC(=O)c2occc2C)cc1S(N)(=O)=O. The van der Waals surface area contributed by atoms with Gasteiger partial charge in [-0.25, -0.2) is 13.6 Å². The van der Waals surface area contributed by atoms with Crippen LogP contribution < -0.4 is 10.5 Å². The average molecular weight is 294 g/mol. The second-order valence-corrected chi connectivity index (χ2v) is 5.94. The van der Waals surface area contributed by atoms with E-state index >= 15 is 0 Å². The Morgan fingerprint density at radius 3 is 2.45 bits per heavy atom. The third-order valence-electron chi connectivity index (χ3n) is 2.82. The number of hydrogen-bond acceptors (Lipinski definition) is 4. The molecule has 2 aromatic rings. The first-order chi connectivity index (χ1) is 9.29. The highest BCUT2D eigenvalue weighted by Crippen LogP contribution is 2.20. The van der Waals surface area contributed by atoms with Crippen LogP contribution in [0, 0.1) is 13.8 Å². The van der Waals surface area contributed by atoms with E-state index < -0.39 is 15.9 Å². The second-order valence-electron chi connectivity index (χ2n) is 4.41. The van der Waals surface area contributed by atoms with Gasteiger partial charge in [0.05, 0.1) is 11.2 Å². The normalized spacial score (nSPS) is 11.3. The summed E-state index contributed by atoms with van der Waals surface area (Å²) < 4.78 is 27.9. The van der Waals surface area contributed by atoms with Crippen molar-refractivity contribution in [2.75, 3.05) is 5.32 Å². The van der Waals surface area contributed by atoms with Crippen LogP contribution in [-0.4, -0.2) is 14.3 Å². The number of carbonyl (C=O) groups is 1. The van der Waals surface area contributed by atoms with Crippen LogP contribution in [0.2, 0.25) is 0 Å². The van der Waals surface area contributed by atoms with E-state index in [2.05, 4.69) is 5.32 Å². The summed E-state index contributed by atoms with van der Waals surface area (Å²) in [5.41, 5.74) is 1.54. The highest BCUT2D eigenvalue weighted by molar-refractivity contribution is 7.89. The second kappa shape index (κ2) is 5.10. The van der Waals surface area contributed by atoms with E-state index in [9.17, 15) is 13.2 Å². The molecule has 0 aliphatic rings. The average Bonchev–Trinajstić information content (AvgIpc) is 2.76. The van der Waals surface area contributed by atoms with Crippen LogP contribution in [-0.2, 0) is 10.0 Å². The maximum atomic E-state index is 12.0. The van der Waals surface area contributed by atoms with E-state index in [1.165, 1.54) is 12.3 Å². The fourth-order valence-electron chi connectivity index (χ4n) is 1.78. The lowest BCUT2D eigenvalue weighted by atomic mass is 10.2. The Balaban J connectivity index is 2.32. The van der Waals surface area contributed by atoms with Gasteiger partial charge in [0.15, 0.2) is 5.76 Å². The van der Waals surface area contributed by atoms with Gasteiger partial charge in [0, 0.05) is 11.3 Å². The third-order valence-corrected chi connectivity index (χ3v) is 3.87. The maximum Gasteiger partial charge on any atom is 0.291 e. The van der Waals surface area contributed by atoms with Gasteiger partial charge in [0.25, 0.3) is 5.91 Å². The van der Waals surface area contributed by atoms with Gasteiger partial charge in [-0.1, -0.05) is 6.07 Å². The molecule has 0 fully saturated rings. The van der Waals surface area contributed by atoms with Gasteiger partial charge in [-0.3, -0.25) is 4.79 Å². The lowest BCUT2D eigenvalue weighted by Crippen LogP contribution is -2.16. The third kappa shape index (κ3) is 2.89. The van der Waals surface area contributed by atoms with Gasteiger partial charge in [-0.2, -0.15) is 0 Å². The molecule has 0 aliphatic heterocycles. The molecule has 1 heterocycles. The van der Waals surface area contributed by atoms with Crippen LogP contribution in [0.3, 0.4) is 0 Å². The van der Waals surface area contributed by atoms with Gasteiger partial charge >= 0.3 is 0 Å². The molecule has 0 bridgehead atoms. The minimum Gasteiger partial charge on any atom is -0.459 e. The number of sulfonamides is 1. The predicted molar refractivity (Wildman–Crippen MR) is 74.0 cm³/mol. The number of rotatable bonds is 3. The molecule has 0 radical (unpaired) electrons.